The summed E-state index contributed by atoms with van der Waals surface area (Å²) in [4.78, 5) is 0. The Bertz CT molecular complexity index is 783. The summed E-state index contributed by atoms with van der Waals surface area (Å²) in [5.74, 6) is 1.60. The van der Waals surface area contributed by atoms with E-state index in [1.807, 2.05) is 42.5 Å². The molecule has 0 fully saturated rings. The summed E-state index contributed by atoms with van der Waals surface area (Å²) < 4.78 is 10.6. The molecule has 0 saturated heterocycles. The van der Waals surface area contributed by atoms with Crippen LogP contribution in [0.3, 0.4) is 0 Å². The molecule has 0 radical (unpaired) electrons. The molecule has 106 valence electrons. The summed E-state index contributed by atoms with van der Waals surface area (Å²) >= 11 is 6.26. The zero-order valence-corrected chi connectivity index (χ0v) is 12.1. The van der Waals surface area contributed by atoms with Crippen molar-refractivity contribution in [3.05, 3.63) is 53.6 Å². The third-order valence-electron chi connectivity index (χ3n) is 3.19. The first-order valence-electron chi connectivity index (χ1n) is 6.35. The van der Waals surface area contributed by atoms with Crippen LogP contribution in [0, 0.1) is 0 Å². The number of nitrogen functional groups attached to an aromatic ring is 1. The second-order valence-corrected chi connectivity index (χ2v) is 4.89. The first-order valence-corrected chi connectivity index (χ1v) is 6.73. The lowest BCUT2D eigenvalue weighted by molar-refractivity contribution is 0.413. The molecular formula is C16H13ClN2O2. The SMILES string of the molecule is COc1cccc(-c2onc(N)c2-c2ccccc2Cl)c1. The minimum Gasteiger partial charge on any atom is -0.497 e. The molecule has 0 unspecified atom stereocenters. The molecule has 0 atom stereocenters. The Kier molecular flexibility index (Phi) is 3.54. The monoisotopic (exact) mass is 300 g/mol. The van der Waals surface area contributed by atoms with Gasteiger partial charge in [0.15, 0.2) is 11.6 Å². The van der Waals surface area contributed by atoms with Crippen molar-refractivity contribution in [2.24, 2.45) is 0 Å². The molecule has 21 heavy (non-hydrogen) atoms. The maximum Gasteiger partial charge on any atom is 0.177 e. The predicted octanol–water partition coefficient (Wildman–Crippen LogP) is 4.25. The van der Waals surface area contributed by atoms with Gasteiger partial charge in [0.25, 0.3) is 0 Å². The van der Waals surface area contributed by atoms with E-state index in [9.17, 15) is 0 Å². The maximum absolute atomic E-state index is 6.26. The molecule has 3 aromatic rings. The number of anilines is 1. The van der Waals surface area contributed by atoms with E-state index in [1.54, 1.807) is 13.2 Å². The summed E-state index contributed by atoms with van der Waals surface area (Å²) in [5, 5.41) is 4.46. The van der Waals surface area contributed by atoms with Gasteiger partial charge in [0.1, 0.15) is 5.75 Å². The topological polar surface area (TPSA) is 61.3 Å². The van der Waals surface area contributed by atoms with Crippen molar-refractivity contribution in [1.29, 1.82) is 0 Å². The molecule has 2 N–H and O–H groups in total. The molecule has 4 nitrogen and oxygen atoms in total. The largest absolute Gasteiger partial charge is 0.497 e. The van der Waals surface area contributed by atoms with Gasteiger partial charge in [-0.05, 0) is 18.2 Å². The molecule has 0 bridgehead atoms. The summed E-state index contributed by atoms with van der Waals surface area (Å²) in [7, 11) is 1.61. The van der Waals surface area contributed by atoms with E-state index in [0.717, 1.165) is 16.9 Å². The molecule has 2 aromatic carbocycles. The number of hydrogen-bond donors (Lipinski definition) is 1. The fourth-order valence-corrected chi connectivity index (χ4v) is 2.42. The van der Waals surface area contributed by atoms with Gasteiger partial charge in [0, 0.05) is 16.1 Å². The van der Waals surface area contributed by atoms with E-state index in [4.69, 9.17) is 26.6 Å². The highest BCUT2D eigenvalue weighted by atomic mass is 35.5. The average molecular weight is 301 g/mol. The normalized spacial score (nSPS) is 10.6. The quantitative estimate of drug-likeness (QED) is 0.785. The standard InChI is InChI=1S/C16H13ClN2O2/c1-20-11-6-4-5-10(9-11)15-14(16(18)19-21-15)12-7-2-3-8-13(12)17/h2-9H,1H3,(H2,18,19). The van der Waals surface area contributed by atoms with Crippen LogP contribution in [0.25, 0.3) is 22.5 Å². The van der Waals surface area contributed by atoms with Crippen LogP contribution >= 0.6 is 11.6 Å². The number of aromatic nitrogens is 1. The van der Waals surface area contributed by atoms with Gasteiger partial charge in [-0.2, -0.15) is 0 Å². The number of nitrogens with two attached hydrogens (primary N) is 1. The average Bonchev–Trinajstić information content (AvgIpc) is 2.89. The number of hydrogen-bond acceptors (Lipinski definition) is 4. The lowest BCUT2D eigenvalue weighted by Crippen LogP contribution is -1.90. The van der Waals surface area contributed by atoms with Crippen LogP contribution in [-0.4, -0.2) is 12.3 Å². The fourth-order valence-electron chi connectivity index (χ4n) is 2.19. The minimum atomic E-state index is 0.306. The van der Waals surface area contributed by atoms with Crippen LogP contribution in [0.4, 0.5) is 5.82 Å². The van der Waals surface area contributed by atoms with Crippen LogP contribution in [0.5, 0.6) is 5.75 Å². The van der Waals surface area contributed by atoms with Crippen molar-refractivity contribution >= 4 is 17.4 Å². The summed E-state index contributed by atoms with van der Waals surface area (Å²) in [6.07, 6.45) is 0. The number of ether oxygens (including phenoxy) is 1. The van der Waals surface area contributed by atoms with Crippen LogP contribution < -0.4 is 10.5 Å². The molecule has 0 spiro atoms. The lowest BCUT2D eigenvalue weighted by atomic mass is 10.0. The fraction of sp³-hybridized carbons (Fsp3) is 0.0625. The van der Waals surface area contributed by atoms with Crippen LogP contribution in [-0.2, 0) is 0 Å². The molecule has 0 amide bonds. The number of halogens is 1. The Morgan fingerprint density at radius 2 is 1.95 bits per heavy atom. The molecular weight excluding hydrogens is 288 g/mol. The maximum atomic E-state index is 6.26. The molecule has 0 saturated carbocycles. The lowest BCUT2D eigenvalue weighted by Gasteiger charge is -2.06. The van der Waals surface area contributed by atoms with Crippen molar-refractivity contribution in [1.82, 2.24) is 5.16 Å². The van der Waals surface area contributed by atoms with Crippen molar-refractivity contribution < 1.29 is 9.26 Å². The van der Waals surface area contributed by atoms with Crippen molar-refractivity contribution in [2.75, 3.05) is 12.8 Å². The van der Waals surface area contributed by atoms with Gasteiger partial charge in [-0.25, -0.2) is 0 Å². The molecule has 0 aliphatic heterocycles. The highest BCUT2D eigenvalue weighted by Gasteiger charge is 2.19. The van der Waals surface area contributed by atoms with Gasteiger partial charge in [-0.15, -0.1) is 0 Å². The van der Waals surface area contributed by atoms with Gasteiger partial charge in [-0.1, -0.05) is 47.1 Å². The zero-order valence-electron chi connectivity index (χ0n) is 11.3. The van der Waals surface area contributed by atoms with Crippen LogP contribution in [0.2, 0.25) is 5.02 Å². The zero-order chi connectivity index (χ0) is 14.8. The highest BCUT2D eigenvalue weighted by Crippen LogP contribution is 2.40. The van der Waals surface area contributed by atoms with Gasteiger partial charge in [-0.3, -0.25) is 0 Å². The first kappa shape index (κ1) is 13.5. The Morgan fingerprint density at radius 1 is 1.14 bits per heavy atom. The van der Waals surface area contributed by atoms with Gasteiger partial charge in [0.2, 0.25) is 0 Å². The Morgan fingerprint density at radius 3 is 2.71 bits per heavy atom. The van der Waals surface area contributed by atoms with E-state index < -0.39 is 0 Å². The third-order valence-corrected chi connectivity index (χ3v) is 3.52. The molecule has 1 heterocycles. The Balaban J connectivity index is 2.20. The number of methoxy groups -OCH3 is 1. The second-order valence-electron chi connectivity index (χ2n) is 4.48. The summed E-state index contributed by atoms with van der Waals surface area (Å²) in [5.41, 5.74) is 8.26. The summed E-state index contributed by atoms with van der Waals surface area (Å²) in [6.45, 7) is 0. The van der Waals surface area contributed by atoms with E-state index in [-0.39, 0.29) is 0 Å². The predicted molar refractivity (Wildman–Crippen MR) is 83.3 cm³/mol. The molecule has 5 heteroatoms. The smallest absolute Gasteiger partial charge is 0.177 e. The van der Waals surface area contributed by atoms with Crippen molar-refractivity contribution in [2.45, 2.75) is 0 Å². The highest BCUT2D eigenvalue weighted by molar-refractivity contribution is 6.33. The third kappa shape index (κ3) is 2.45. The number of nitrogens with zero attached hydrogens (tertiary/aromatic N) is 1. The molecule has 3 rings (SSSR count). The van der Waals surface area contributed by atoms with E-state index in [2.05, 4.69) is 5.16 Å². The number of benzene rings is 2. The van der Waals surface area contributed by atoms with Crippen LogP contribution in [0.1, 0.15) is 0 Å². The minimum absolute atomic E-state index is 0.306. The van der Waals surface area contributed by atoms with E-state index >= 15 is 0 Å². The summed E-state index contributed by atoms with van der Waals surface area (Å²) in [6, 6.07) is 14.9. The van der Waals surface area contributed by atoms with Crippen molar-refractivity contribution in [3.63, 3.8) is 0 Å². The Labute approximate surface area is 127 Å². The van der Waals surface area contributed by atoms with Gasteiger partial charge >= 0.3 is 0 Å². The Hall–Kier alpha value is -2.46. The number of rotatable bonds is 3. The van der Waals surface area contributed by atoms with Crippen molar-refractivity contribution in [3.8, 4) is 28.2 Å². The van der Waals surface area contributed by atoms with Gasteiger partial charge < -0.3 is 15.0 Å². The van der Waals surface area contributed by atoms with E-state index in [0.29, 0.717) is 22.2 Å². The molecule has 0 aliphatic rings. The van der Waals surface area contributed by atoms with E-state index in [1.165, 1.54) is 0 Å². The molecule has 1 aromatic heterocycles. The first-order chi connectivity index (χ1) is 10.2. The van der Waals surface area contributed by atoms with Gasteiger partial charge in [0.05, 0.1) is 12.7 Å². The van der Waals surface area contributed by atoms with Crippen LogP contribution in [0.15, 0.2) is 53.1 Å². The second kappa shape index (κ2) is 5.50. The molecule has 0 aliphatic carbocycles.